The number of methoxy groups -OCH3 is 1. The molecular formula is C16H20N2O3. The van der Waals surface area contributed by atoms with Crippen LogP contribution in [0.5, 0.6) is 0 Å². The van der Waals surface area contributed by atoms with Gasteiger partial charge in [-0.2, -0.15) is 0 Å². The quantitative estimate of drug-likeness (QED) is 0.877. The van der Waals surface area contributed by atoms with E-state index >= 15 is 0 Å². The molecule has 1 amide bonds. The Morgan fingerprint density at radius 3 is 2.81 bits per heavy atom. The summed E-state index contributed by atoms with van der Waals surface area (Å²) in [7, 11) is 1.59. The molecule has 1 heterocycles. The van der Waals surface area contributed by atoms with Crippen LogP contribution in [0.25, 0.3) is 10.9 Å². The van der Waals surface area contributed by atoms with Gasteiger partial charge < -0.3 is 14.7 Å². The van der Waals surface area contributed by atoms with E-state index in [-0.39, 0.29) is 19.1 Å². The van der Waals surface area contributed by atoms with E-state index in [0.717, 1.165) is 11.1 Å². The fourth-order valence-corrected chi connectivity index (χ4v) is 2.22. The molecular weight excluding hydrogens is 268 g/mol. The van der Waals surface area contributed by atoms with Crippen molar-refractivity contribution in [1.82, 2.24) is 9.88 Å². The van der Waals surface area contributed by atoms with Crippen molar-refractivity contribution in [3.63, 3.8) is 0 Å². The van der Waals surface area contributed by atoms with Crippen molar-refractivity contribution in [2.24, 2.45) is 0 Å². The molecule has 1 aromatic heterocycles. The Labute approximate surface area is 124 Å². The lowest BCUT2D eigenvalue weighted by Gasteiger charge is -2.22. The average molecular weight is 288 g/mol. The first kappa shape index (κ1) is 15.4. The van der Waals surface area contributed by atoms with Crippen LogP contribution in [0.3, 0.4) is 0 Å². The zero-order chi connectivity index (χ0) is 15.2. The van der Waals surface area contributed by atoms with E-state index in [1.54, 1.807) is 18.1 Å². The standard InChI is InChI=1S/C16H20N2O3/c1-12-6-7-13-4-3-5-14(15(13)17-12)16(20)18(8-10-19)9-11-21-2/h3-7,19H,8-11H2,1-2H3. The molecule has 1 aromatic carbocycles. The van der Waals surface area contributed by atoms with E-state index < -0.39 is 0 Å². The number of hydrogen-bond acceptors (Lipinski definition) is 4. The van der Waals surface area contributed by atoms with E-state index in [9.17, 15) is 4.79 Å². The smallest absolute Gasteiger partial charge is 0.256 e. The maximum atomic E-state index is 12.7. The van der Waals surface area contributed by atoms with Gasteiger partial charge in [0, 0.05) is 31.3 Å². The number of hydrogen-bond donors (Lipinski definition) is 1. The molecule has 0 radical (unpaired) electrons. The summed E-state index contributed by atoms with van der Waals surface area (Å²) in [6, 6.07) is 9.44. The second-order valence-electron chi connectivity index (χ2n) is 4.84. The number of nitrogens with zero attached hydrogens (tertiary/aromatic N) is 2. The molecule has 21 heavy (non-hydrogen) atoms. The first-order chi connectivity index (χ1) is 10.2. The van der Waals surface area contributed by atoms with Gasteiger partial charge in [-0.25, -0.2) is 0 Å². The number of carbonyl (C=O) groups is 1. The molecule has 0 saturated carbocycles. The number of ether oxygens (including phenoxy) is 1. The van der Waals surface area contributed by atoms with Gasteiger partial charge in [0.2, 0.25) is 0 Å². The predicted molar refractivity (Wildman–Crippen MR) is 81.3 cm³/mol. The zero-order valence-electron chi connectivity index (χ0n) is 12.4. The lowest BCUT2D eigenvalue weighted by Crippen LogP contribution is -2.36. The third-order valence-electron chi connectivity index (χ3n) is 3.31. The number of pyridine rings is 1. The number of carbonyl (C=O) groups excluding carboxylic acids is 1. The summed E-state index contributed by atoms with van der Waals surface area (Å²) in [4.78, 5) is 18.7. The highest BCUT2D eigenvalue weighted by Crippen LogP contribution is 2.19. The molecule has 0 saturated heterocycles. The molecule has 2 aromatic rings. The molecule has 0 bridgehead atoms. The summed E-state index contributed by atoms with van der Waals surface area (Å²) in [6.45, 7) is 2.98. The van der Waals surface area contributed by atoms with Crippen LogP contribution in [-0.4, -0.2) is 54.3 Å². The van der Waals surface area contributed by atoms with Gasteiger partial charge in [0.05, 0.1) is 24.3 Å². The van der Waals surface area contributed by atoms with Crippen LogP contribution >= 0.6 is 0 Å². The molecule has 0 spiro atoms. The molecule has 0 unspecified atom stereocenters. The Bertz CT molecular complexity index is 628. The van der Waals surface area contributed by atoms with Crippen LogP contribution in [0.4, 0.5) is 0 Å². The van der Waals surface area contributed by atoms with Gasteiger partial charge in [0.1, 0.15) is 0 Å². The van der Waals surface area contributed by atoms with Crippen LogP contribution in [0.15, 0.2) is 30.3 Å². The van der Waals surface area contributed by atoms with Crippen molar-refractivity contribution in [1.29, 1.82) is 0 Å². The average Bonchev–Trinajstić information content (AvgIpc) is 2.50. The van der Waals surface area contributed by atoms with Crippen molar-refractivity contribution in [2.75, 3.05) is 33.4 Å². The van der Waals surface area contributed by atoms with Crippen LogP contribution in [0, 0.1) is 6.92 Å². The molecule has 0 atom stereocenters. The van der Waals surface area contributed by atoms with Gasteiger partial charge in [-0.05, 0) is 19.1 Å². The Morgan fingerprint density at radius 1 is 1.29 bits per heavy atom. The number of aromatic nitrogens is 1. The first-order valence-electron chi connectivity index (χ1n) is 6.93. The lowest BCUT2D eigenvalue weighted by atomic mass is 10.1. The maximum absolute atomic E-state index is 12.7. The van der Waals surface area contributed by atoms with Crippen molar-refractivity contribution in [2.45, 2.75) is 6.92 Å². The van der Waals surface area contributed by atoms with Gasteiger partial charge in [-0.1, -0.05) is 18.2 Å². The minimum atomic E-state index is -0.134. The molecule has 2 rings (SSSR count). The van der Waals surface area contributed by atoms with E-state index in [1.165, 1.54) is 0 Å². The number of aliphatic hydroxyl groups excluding tert-OH is 1. The number of amides is 1. The Hall–Kier alpha value is -1.98. The van der Waals surface area contributed by atoms with Crippen molar-refractivity contribution in [3.8, 4) is 0 Å². The number of para-hydroxylation sites is 1. The molecule has 0 aliphatic carbocycles. The highest BCUT2D eigenvalue weighted by atomic mass is 16.5. The summed E-state index contributed by atoms with van der Waals surface area (Å²) in [6.07, 6.45) is 0. The van der Waals surface area contributed by atoms with Gasteiger partial charge >= 0.3 is 0 Å². The third-order valence-corrected chi connectivity index (χ3v) is 3.31. The van der Waals surface area contributed by atoms with Crippen LogP contribution in [0.2, 0.25) is 0 Å². The van der Waals surface area contributed by atoms with E-state index in [4.69, 9.17) is 9.84 Å². The number of rotatable bonds is 6. The van der Waals surface area contributed by atoms with E-state index in [0.29, 0.717) is 24.2 Å². The number of fused-ring (bicyclic) bond motifs is 1. The van der Waals surface area contributed by atoms with Gasteiger partial charge in [0.15, 0.2) is 0 Å². The summed E-state index contributed by atoms with van der Waals surface area (Å²) in [5.74, 6) is -0.134. The normalized spacial score (nSPS) is 10.8. The highest BCUT2D eigenvalue weighted by molar-refractivity contribution is 6.05. The second-order valence-corrected chi connectivity index (χ2v) is 4.84. The van der Waals surface area contributed by atoms with Crippen molar-refractivity contribution >= 4 is 16.8 Å². The molecule has 0 aliphatic heterocycles. The molecule has 5 nitrogen and oxygen atoms in total. The maximum Gasteiger partial charge on any atom is 0.256 e. The fourth-order valence-electron chi connectivity index (χ4n) is 2.22. The zero-order valence-corrected chi connectivity index (χ0v) is 12.4. The third kappa shape index (κ3) is 3.56. The summed E-state index contributed by atoms with van der Waals surface area (Å²) < 4.78 is 5.02. The molecule has 112 valence electrons. The van der Waals surface area contributed by atoms with E-state index in [1.807, 2.05) is 31.2 Å². The Morgan fingerprint density at radius 2 is 2.10 bits per heavy atom. The van der Waals surface area contributed by atoms with E-state index in [2.05, 4.69) is 4.98 Å². The number of aliphatic hydroxyl groups is 1. The predicted octanol–water partition coefficient (Wildman–Crippen LogP) is 1.62. The summed E-state index contributed by atoms with van der Waals surface area (Å²) >= 11 is 0. The largest absolute Gasteiger partial charge is 0.395 e. The summed E-state index contributed by atoms with van der Waals surface area (Å²) in [5, 5.41) is 10.1. The fraction of sp³-hybridized carbons (Fsp3) is 0.375. The minimum Gasteiger partial charge on any atom is -0.395 e. The monoisotopic (exact) mass is 288 g/mol. The highest BCUT2D eigenvalue weighted by Gasteiger charge is 2.18. The van der Waals surface area contributed by atoms with Crippen molar-refractivity contribution < 1.29 is 14.6 Å². The SMILES string of the molecule is COCCN(CCO)C(=O)c1cccc2ccc(C)nc12. The van der Waals surface area contributed by atoms with Crippen LogP contribution < -0.4 is 0 Å². The molecule has 0 aliphatic rings. The van der Waals surface area contributed by atoms with Crippen LogP contribution in [0.1, 0.15) is 16.1 Å². The summed E-state index contributed by atoms with van der Waals surface area (Å²) in [5.41, 5.74) is 2.12. The second kappa shape index (κ2) is 7.15. The molecule has 1 N–H and O–H groups in total. The first-order valence-corrected chi connectivity index (χ1v) is 6.93. The molecule has 0 fully saturated rings. The van der Waals surface area contributed by atoms with Crippen LogP contribution in [-0.2, 0) is 4.74 Å². The van der Waals surface area contributed by atoms with Crippen molar-refractivity contribution in [3.05, 3.63) is 41.6 Å². The number of aryl methyl sites for hydroxylation is 1. The van der Waals surface area contributed by atoms with Gasteiger partial charge in [-0.15, -0.1) is 0 Å². The lowest BCUT2D eigenvalue weighted by molar-refractivity contribution is 0.0658. The Balaban J connectivity index is 2.38. The van der Waals surface area contributed by atoms with Gasteiger partial charge in [0.25, 0.3) is 5.91 Å². The molecule has 5 heteroatoms. The number of benzene rings is 1. The Kier molecular flexibility index (Phi) is 5.25. The topological polar surface area (TPSA) is 62.7 Å². The minimum absolute atomic E-state index is 0.0767. The van der Waals surface area contributed by atoms with Gasteiger partial charge in [-0.3, -0.25) is 9.78 Å².